The Balaban J connectivity index is 1.65. The van der Waals surface area contributed by atoms with E-state index in [2.05, 4.69) is 58.7 Å². The zero-order valence-corrected chi connectivity index (χ0v) is 15.6. The Morgan fingerprint density at radius 2 is 1.65 bits per heavy atom. The van der Waals surface area contributed by atoms with Crippen LogP contribution < -0.4 is 10.6 Å². The first-order valence-electron chi connectivity index (χ1n) is 9.21. The SMILES string of the molecule is Cc1ccc([C@@H](CNC(=O)Nc2ccccc2)N2CCN(C)CC2)cc1. The largest absolute Gasteiger partial charge is 0.336 e. The summed E-state index contributed by atoms with van der Waals surface area (Å²) in [7, 11) is 2.16. The molecule has 2 N–H and O–H groups in total. The third kappa shape index (κ3) is 5.07. The van der Waals surface area contributed by atoms with Gasteiger partial charge in [0, 0.05) is 38.4 Å². The van der Waals surface area contributed by atoms with E-state index in [9.17, 15) is 4.79 Å². The maximum Gasteiger partial charge on any atom is 0.319 e. The lowest BCUT2D eigenvalue weighted by atomic mass is 10.0. The van der Waals surface area contributed by atoms with Crippen LogP contribution in [0.3, 0.4) is 0 Å². The highest BCUT2D eigenvalue weighted by Crippen LogP contribution is 2.22. The van der Waals surface area contributed by atoms with Gasteiger partial charge in [0.1, 0.15) is 0 Å². The van der Waals surface area contributed by atoms with Gasteiger partial charge in [-0.05, 0) is 31.7 Å². The van der Waals surface area contributed by atoms with E-state index >= 15 is 0 Å². The van der Waals surface area contributed by atoms with Gasteiger partial charge in [0.25, 0.3) is 0 Å². The van der Waals surface area contributed by atoms with Crippen molar-refractivity contribution in [3.63, 3.8) is 0 Å². The quantitative estimate of drug-likeness (QED) is 0.869. The van der Waals surface area contributed by atoms with E-state index in [-0.39, 0.29) is 12.1 Å². The normalized spacial score (nSPS) is 16.8. The monoisotopic (exact) mass is 352 g/mol. The van der Waals surface area contributed by atoms with Gasteiger partial charge in [-0.2, -0.15) is 0 Å². The second kappa shape index (κ2) is 8.83. The summed E-state index contributed by atoms with van der Waals surface area (Å²) in [6.45, 7) is 6.82. The van der Waals surface area contributed by atoms with Gasteiger partial charge in [0.2, 0.25) is 0 Å². The molecule has 3 rings (SSSR count). The van der Waals surface area contributed by atoms with Gasteiger partial charge in [0.15, 0.2) is 0 Å². The number of benzene rings is 2. The molecule has 2 amide bonds. The van der Waals surface area contributed by atoms with Crippen LogP contribution >= 0.6 is 0 Å². The standard InChI is InChI=1S/C21H28N4O/c1-17-8-10-18(11-9-17)20(25-14-12-24(2)13-15-25)16-22-21(26)23-19-6-4-3-5-7-19/h3-11,20H,12-16H2,1-2H3,(H2,22,23,26)/t20-/m1/s1. The average Bonchev–Trinajstić information content (AvgIpc) is 2.65. The minimum atomic E-state index is -0.164. The van der Waals surface area contributed by atoms with E-state index in [1.54, 1.807) is 0 Å². The topological polar surface area (TPSA) is 47.6 Å². The molecule has 1 heterocycles. The molecular weight excluding hydrogens is 324 g/mol. The zero-order valence-electron chi connectivity index (χ0n) is 15.6. The maximum absolute atomic E-state index is 12.3. The molecule has 5 heteroatoms. The Bertz CT molecular complexity index is 694. The van der Waals surface area contributed by atoms with Crippen molar-refractivity contribution in [2.45, 2.75) is 13.0 Å². The fourth-order valence-electron chi connectivity index (χ4n) is 3.27. The third-order valence-electron chi connectivity index (χ3n) is 4.93. The van der Waals surface area contributed by atoms with Gasteiger partial charge in [-0.15, -0.1) is 0 Å². The lowest BCUT2D eigenvalue weighted by molar-refractivity contribution is 0.111. The number of nitrogens with zero attached hydrogens (tertiary/aromatic N) is 2. The summed E-state index contributed by atoms with van der Waals surface area (Å²) in [5, 5.41) is 5.94. The van der Waals surface area contributed by atoms with Crippen LogP contribution in [0, 0.1) is 6.92 Å². The number of piperazine rings is 1. The first-order valence-corrected chi connectivity index (χ1v) is 9.21. The summed E-state index contributed by atoms with van der Waals surface area (Å²) in [5.74, 6) is 0. The number of carbonyl (C=O) groups excluding carboxylic acids is 1. The second-order valence-corrected chi connectivity index (χ2v) is 6.97. The summed E-state index contributed by atoms with van der Waals surface area (Å²) in [4.78, 5) is 17.1. The molecule has 2 aromatic carbocycles. The Labute approximate surface area is 156 Å². The summed E-state index contributed by atoms with van der Waals surface area (Å²) < 4.78 is 0. The van der Waals surface area contributed by atoms with Crippen LogP contribution in [0.2, 0.25) is 0 Å². The van der Waals surface area contributed by atoms with Gasteiger partial charge in [-0.1, -0.05) is 48.0 Å². The number of hydrogen-bond acceptors (Lipinski definition) is 3. The van der Waals surface area contributed by atoms with E-state index in [0.29, 0.717) is 6.54 Å². The average molecular weight is 352 g/mol. The van der Waals surface area contributed by atoms with Gasteiger partial charge in [-0.25, -0.2) is 4.79 Å². The van der Waals surface area contributed by atoms with E-state index in [4.69, 9.17) is 0 Å². The number of amides is 2. The molecule has 1 fully saturated rings. The highest BCUT2D eigenvalue weighted by atomic mass is 16.2. The first kappa shape index (κ1) is 18.4. The Hall–Kier alpha value is -2.37. The van der Waals surface area contributed by atoms with Crippen LogP contribution in [0.5, 0.6) is 0 Å². The van der Waals surface area contributed by atoms with E-state index < -0.39 is 0 Å². The van der Waals surface area contributed by atoms with Crippen molar-refractivity contribution in [3.8, 4) is 0 Å². The van der Waals surface area contributed by atoms with Crippen molar-refractivity contribution >= 4 is 11.7 Å². The molecule has 0 aliphatic carbocycles. The van der Waals surface area contributed by atoms with Crippen molar-refractivity contribution in [2.75, 3.05) is 45.1 Å². The van der Waals surface area contributed by atoms with Crippen LogP contribution in [0.25, 0.3) is 0 Å². The number of urea groups is 1. The molecule has 0 saturated carbocycles. The first-order chi connectivity index (χ1) is 12.6. The molecule has 0 aromatic heterocycles. The number of anilines is 1. The predicted molar refractivity (Wildman–Crippen MR) is 106 cm³/mol. The van der Waals surface area contributed by atoms with Crippen molar-refractivity contribution in [2.24, 2.45) is 0 Å². The van der Waals surface area contributed by atoms with E-state index in [1.165, 1.54) is 11.1 Å². The van der Waals surface area contributed by atoms with Crippen molar-refractivity contribution in [1.29, 1.82) is 0 Å². The molecule has 0 bridgehead atoms. The predicted octanol–water partition coefficient (Wildman–Crippen LogP) is 3.11. The van der Waals surface area contributed by atoms with Crippen molar-refractivity contribution < 1.29 is 4.79 Å². The smallest absolute Gasteiger partial charge is 0.319 e. The second-order valence-electron chi connectivity index (χ2n) is 6.97. The molecular formula is C21H28N4O. The molecule has 0 spiro atoms. The molecule has 2 aromatic rings. The molecule has 1 saturated heterocycles. The Morgan fingerprint density at radius 3 is 2.31 bits per heavy atom. The molecule has 5 nitrogen and oxygen atoms in total. The number of para-hydroxylation sites is 1. The number of nitrogens with one attached hydrogen (secondary N) is 2. The lowest BCUT2D eigenvalue weighted by Gasteiger charge is -2.38. The molecule has 0 radical (unpaired) electrons. The maximum atomic E-state index is 12.3. The van der Waals surface area contributed by atoms with Crippen LogP contribution in [-0.2, 0) is 0 Å². The molecule has 26 heavy (non-hydrogen) atoms. The molecule has 1 aliphatic heterocycles. The highest BCUT2D eigenvalue weighted by Gasteiger charge is 2.24. The molecule has 0 unspecified atom stereocenters. The zero-order chi connectivity index (χ0) is 18.4. The minimum absolute atomic E-state index is 0.164. The van der Waals surface area contributed by atoms with Crippen LogP contribution in [0.1, 0.15) is 17.2 Å². The summed E-state index contributed by atoms with van der Waals surface area (Å²) in [6.07, 6.45) is 0. The van der Waals surface area contributed by atoms with Crippen LogP contribution in [-0.4, -0.2) is 55.6 Å². The fraction of sp³-hybridized carbons (Fsp3) is 0.381. The van der Waals surface area contributed by atoms with Gasteiger partial charge in [-0.3, -0.25) is 4.90 Å². The molecule has 138 valence electrons. The highest BCUT2D eigenvalue weighted by molar-refractivity contribution is 5.89. The number of hydrogen-bond donors (Lipinski definition) is 2. The summed E-state index contributed by atoms with van der Waals surface area (Å²) in [6, 6.07) is 18.2. The fourth-order valence-corrected chi connectivity index (χ4v) is 3.27. The number of aryl methyl sites for hydroxylation is 1. The third-order valence-corrected chi connectivity index (χ3v) is 4.93. The minimum Gasteiger partial charge on any atom is -0.336 e. The number of carbonyl (C=O) groups is 1. The number of rotatable bonds is 5. The Morgan fingerprint density at radius 1 is 1.00 bits per heavy atom. The van der Waals surface area contributed by atoms with E-state index in [1.807, 2.05) is 30.3 Å². The number of likely N-dealkylation sites (N-methyl/N-ethyl adjacent to an activating group) is 1. The van der Waals surface area contributed by atoms with E-state index in [0.717, 1.165) is 31.9 Å². The van der Waals surface area contributed by atoms with Crippen LogP contribution in [0.4, 0.5) is 10.5 Å². The van der Waals surface area contributed by atoms with Crippen LogP contribution in [0.15, 0.2) is 54.6 Å². The lowest BCUT2D eigenvalue weighted by Crippen LogP contribution is -2.48. The Kier molecular flexibility index (Phi) is 6.26. The van der Waals surface area contributed by atoms with Gasteiger partial charge in [0.05, 0.1) is 6.04 Å². The van der Waals surface area contributed by atoms with Gasteiger partial charge < -0.3 is 15.5 Å². The van der Waals surface area contributed by atoms with Crippen molar-refractivity contribution in [3.05, 3.63) is 65.7 Å². The van der Waals surface area contributed by atoms with Crippen molar-refractivity contribution in [1.82, 2.24) is 15.1 Å². The molecule has 1 atom stereocenters. The molecule has 1 aliphatic rings. The van der Waals surface area contributed by atoms with Gasteiger partial charge >= 0.3 is 6.03 Å². The summed E-state index contributed by atoms with van der Waals surface area (Å²) in [5.41, 5.74) is 3.30. The summed E-state index contributed by atoms with van der Waals surface area (Å²) >= 11 is 0.